The zero-order valence-corrected chi connectivity index (χ0v) is 73.8. The lowest BCUT2D eigenvalue weighted by molar-refractivity contribution is 1.18. The molecule has 0 atom stereocenters. The van der Waals surface area contributed by atoms with Crippen LogP contribution in [0.1, 0.15) is 44.6 Å². The van der Waals surface area contributed by atoms with Crippen LogP contribution < -0.4 is 78.3 Å². The Morgan fingerprint density at radius 2 is 0.375 bits per heavy atom. The zero-order chi connectivity index (χ0) is 29.7. The average molecular weight is 1220 g/mol. The van der Waals surface area contributed by atoms with E-state index in [1.807, 2.05) is 0 Å². The highest BCUT2D eigenvalue weighted by atomic mass is 35.6. The quantitative estimate of drug-likeness (QED) is 0.0609. The Kier molecular flexibility index (Phi) is 5520. The van der Waals surface area contributed by atoms with E-state index in [0.29, 0.717) is 0 Å². The molecular weight excluding hydrogens is 1110 g/mol. The maximum Gasteiger partial charge on any atom is 0.109 e. The van der Waals surface area contributed by atoms with Gasteiger partial charge in [-0.1, -0.05) is 44.6 Å². The number of hydrogen-bond donors (Lipinski definition) is 14. The van der Waals surface area contributed by atoms with Crippen molar-refractivity contribution in [2.24, 2.45) is 21.5 Å². The van der Waals surface area contributed by atoms with Gasteiger partial charge in [0.25, 0.3) is 0 Å². The SMILES string of the molecule is C.C.C.C.C.C.Cl.Cl.Cl.Cl.N.N.N.N.N.N.N.NCl.N[SiH3].N[SiH3].N[SiH3].[SiH3]Cl.[SiH3]Cl.[SiH3]Cl.[SiH3]N([SiH3])[SiH3].[SiH3]NCl.[SiH3]N[SiH3].[SiH3]N[SiH3].[SiH3][SiH3].[SiH3][SiH3]. The molecule has 0 aromatic rings. The number of rotatable bonds is 0. The number of nitrogens with two attached hydrogens (primary N) is 4. The Morgan fingerprint density at radius 3 is 0.375 bits per heavy atom. The van der Waals surface area contributed by atoms with Crippen LogP contribution in [0.5, 0.6) is 0 Å². The van der Waals surface area contributed by atoms with Crippen LogP contribution in [0.25, 0.3) is 0 Å². The first kappa shape index (κ1) is 264. The van der Waals surface area contributed by atoms with Gasteiger partial charge in [-0.15, -0.1) is 49.6 Å². The molecule has 0 fully saturated rings. The van der Waals surface area contributed by atoms with Gasteiger partial charge in [0.1, 0.15) is 28.7 Å². The molecule has 348 valence electrons. The smallest absolute Gasteiger partial charge is 0.109 e. The highest BCUT2D eigenvalue weighted by Crippen LogP contribution is 1.38. The topological polar surface area (TPSA) is 388 Å². The Labute approximate surface area is 410 Å². The van der Waals surface area contributed by atoms with E-state index in [1.165, 1.54) is 112 Å². The first-order valence-corrected chi connectivity index (χ1v) is 46.1. The van der Waals surface area contributed by atoms with E-state index in [-0.39, 0.29) is 137 Å². The Hall–Kier alpha value is 5.91. The zero-order valence-electron chi connectivity index (χ0n) is 30.7. The number of nitrogens with zero attached hydrogens (tertiary/aromatic N) is 1. The predicted octanol–water partition coefficient (Wildman–Crippen LogP) is -15.4. The molecule has 42 heteroatoms. The number of halogens is 9. The predicted molar refractivity (Wildman–Crippen MR) is 341 cm³/mol. The molecule has 15 nitrogen and oxygen atoms in total. The Bertz CT molecular complexity index is 112. The molecule has 0 radical (unpaired) electrons. The molecule has 0 aromatic heterocycles. The maximum absolute atomic E-state index is 4.81. The summed E-state index contributed by atoms with van der Waals surface area (Å²) in [5, 5.41) is 17.9. The normalized spacial score (nSPS) is 4.12. The fourth-order valence-corrected chi connectivity index (χ4v) is 0. The third-order valence-electron chi connectivity index (χ3n) is 0. The summed E-state index contributed by atoms with van der Waals surface area (Å²) in [7, 11) is 20.1. The van der Waals surface area contributed by atoms with Crippen molar-refractivity contribution >= 4 is 289 Å². The highest BCUT2D eigenvalue weighted by molar-refractivity contribution is 6.81. The lowest BCUT2D eigenvalue weighted by Crippen LogP contribution is -2.08. The molecule has 0 aliphatic heterocycles. The number of nitrogens with one attached hydrogen (secondary N) is 3. The summed E-state index contributed by atoms with van der Waals surface area (Å²) in [5.74, 6) is 0. The van der Waals surface area contributed by atoms with E-state index in [9.17, 15) is 0 Å². The van der Waals surface area contributed by atoms with Crippen molar-refractivity contribution in [1.82, 2.24) is 60.7 Å². The van der Waals surface area contributed by atoms with Gasteiger partial charge in [0, 0.05) is 0 Å². The van der Waals surface area contributed by atoms with E-state index in [2.05, 4.69) is 50.9 Å². The van der Waals surface area contributed by atoms with Crippen LogP contribution in [0, 0.1) is 0 Å². The van der Waals surface area contributed by atoms with Crippen LogP contribution in [0.4, 0.5) is 0 Å². The minimum atomic E-state index is 0. The first-order chi connectivity index (χ1) is 15.0. The Morgan fingerprint density at radius 1 is 0.375 bits per heavy atom. The summed E-state index contributed by atoms with van der Waals surface area (Å²) in [6, 6.07) is 0. The molecule has 0 aliphatic rings. The van der Waals surface area contributed by atoms with E-state index < -0.39 is 0 Å². The first-order valence-electron chi connectivity index (χ1n) is 9.11. The van der Waals surface area contributed by atoms with Crippen LogP contribution in [-0.2, 0) is 0 Å². The largest absolute Gasteiger partial charge is 0.390 e. The monoisotopic (exact) mass is 1220 g/mol. The van der Waals surface area contributed by atoms with Crippen molar-refractivity contribution in [3.63, 3.8) is 0 Å². The van der Waals surface area contributed by atoms with Crippen LogP contribution in [-0.4, -0.2) is 186 Å². The second-order valence-corrected chi connectivity index (χ2v) is 22.8. The second kappa shape index (κ2) is 1000. The van der Waals surface area contributed by atoms with Crippen LogP contribution in [0.15, 0.2) is 0 Å². The van der Waals surface area contributed by atoms with E-state index >= 15 is 0 Å². The average Bonchev–Trinajstić information content (AvgIpc) is 2.86. The molecule has 0 saturated carbocycles. The number of hydrogen-bond acceptors (Lipinski definition) is 15. The van der Waals surface area contributed by atoms with E-state index in [4.69, 9.17) is 45.0 Å². The molecule has 0 bridgehead atoms. The summed E-state index contributed by atoms with van der Waals surface area (Å²) in [4.78, 5) is 0. The third kappa shape index (κ3) is 3850. The van der Waals surface area contributed by atoms with E-state index in [1.54, 1.807) is 0 Å². The van der Waals surface area contributed by atoms with E-state index in [0.717, 1.165) is 70.3 Å². The summed E-state index contributed by atoms with van der Waals surface area (Å²) in [5.41, 5.74) is 0. The van der Waals surface area contributed by atoms with Gasteiger partial charge in [-0.3, -0.25) is 4.50 Å². The molecule has 0 rings (SSSR count). The van der Waals surface area contributed by atoms with Crippen molar-refractivity contribution in [1.29, 1.82) is 0 Å². The van der Waals surface area contributed by atoms with Crippen LogP contribution >= 0.6 is 106 Å². The summed E-state index contributed by atoms with van der Waals surface area (Å²) in [6.07, 6.45) is 0. The van der Waals surface area contributed by atoms with Crippen molar-refractivity contribution in [3.05, 3.63) is 0 Å². The van der Waals surface area contributed by atoms with Crippen molar-refractivity contribution in [2.45, 2.75) is 44.6 Å². The van der Waals surface area contributed by atoms with Gasteiger partial charge < -0.3 is 72.4 Å². The summed E-state index contributed by atoms with van der Waals surface area (Å²) >= 11 is 23.3. The lowest BCUT2D eigenvalue weighted by atomic mass is 12.0. The van der Waals surface area contributed by atoms with Crippen LogP contribution in [0.2, 0.25) is 0 Å². The van der Waals surface area contributed by atoms with Crippen molar-refractivity contribution in [3.8, 4) is 0 Å². The van der Waals surface area contributed by atoms with Gasteiger partial charge in [0.15, 0.2) is 0 Å². The van der Waals surface area contributed by atoms with Crippen molar-refractivity contribution < 1.29 is 0 Å². The summed E-state index contributed by atoms with van der Waals surface area (Å²) in [6.45, 7) is 0. The van der Waals surface area contributed by atoms with Gasteiger partial charge in [-0.05, 0) is 62.6 Å². The molecule has 0 spiro atoms. The molecule has 48 heavy (non-hydrogen) atoms. The van der Waals surface area contributed by atoms with Gasteiger partial charge in [-0.2, -0.15) is 33.2 Å². The molecule has 0 heterocycles. The molecule has 0 unspecified atom stereocenters. The Balaban J connectivity index is -0.00000000255. The molecule has 0 saturated heterocycles. The molecular formula is C6H114Cl9N15Si18. The molecule has 0 aromatic carbocycles. The van der Waals surface area contributed by atoms with Gasteiger partial charge in [-0.25, -0.2) is 5.25 Å². The molecule has 0 amide bonds. The minimum Gasteiger partial charge on any atom is -0.390 e. The lowest BCUT2D eigenvalue weighted by Gasteiger charge is -1.91. The fourth-order valence-electron chi connectivity index (χ4n) is 0. The van der Waals surface area contributed by atoms with Gasteiger partial charge in [0.2, 0.25) is 0 Å². The van der Waals surface area contributed by atoms with Crippen molar-refractivity contribution in [2.75, 3.05) is 0 Å². The molecule has 32 N–H and O–H groups in total. The second-order valence-electron chi connectivity index (χ2n) is 2.53. The minimum absolute atomic E-state index is 0. The summed E-state index contributed by atoms with van der Waals surface area (Å²) < 4.78 is 10.8. The molecule has 0 aliphatic carbocycles. The van der Waals surface area contributed by atoms with Gasteiger partial charge >= 0.3 is 0 Å². The standard InChI is InChI=1S/6CH4.ClH4NSi.ClH2N.3ClH3Si.4ClH.H9NSi3.2H7NSi2.3H5NSi.7H3N.2H6Si2/c;;;;;;1-2-3;4*1-2;;;;;2-1(3)4;2*2-1-3;3*1-2;;;;;;;;2*1-2/h6*1H4;2H,3H3;2H2;3*2H3;4*1H;2-4H3;2*1H,2-3H3;3*1H2,2H3;7*1H3;2*1-2H3. The maximum atomic E-state index is 4.81. The van der Waals surface area contributed by atoms with Gasteiger partial charge in [0.05, 0.1) is 114 Å². The van der Waals surface area contributed by atoms with Crippen LogP contribution in [0.3, 0.4) is 0 Å². The third-order valence-corrected chi connectivity index (χ3v) is 0. The highest BCUT2D eigenvalue weighted by Gasteiger charge is 1.58. The fraction of sp³-hybridized carbons (Fsp3) is 1.00.